The van der Waals surface area contributed by atoms with E-state index in [-0.39, 0.29) is 16.6 Å². The maximum atomic E-state index is 14.0. The Hall–Kier alpha value is -1.01. The summed E-state index contributed by atoms with van der Waals surface area (Å²) in [5, 5.41) is 3.36. The van der Waals surface area contributed by atoms with Crippen LogP contribution < -0.4 is 5.32 Å². The van der Waals surface area contributed by atoms with Gasteiger partial charge in [-0.2, -0.15) is 0 Å². The first kappa shape index (κ1) is 16.4. The molecule has 1 amide bonds. The van der Waals surface area contributed by atoms with Gasteiger partial charge in [0.1, 0.15) is 17.2 Å². The lowest BCUT2D eigenvalue weighted by Crippen LogP contribution is -2.58. The maximum absolute atomic E-state index is 14.0. The summed E-state index contributed by atoms with van der Waals surface area (Å²) < 4.78 is 28.3. The summed E-state index contributed by atoms with van der Waals surface area (Å²) in [6.45, 7) is 5.11. The molecule has 0 bridgehead atoms. The van der Waals surface area contributed by atoms with Gasteiger partial charge in [-0.25, -0.2) is 8.78 Å². The molecule has 0 aliphatic carbocycles. The van der Waals surface area contributed by atoms with Crippen LogP contribution in [0.5, 0.6) is 0 Å². The number of nitrogens with zero attached hydrogens (tertiary/aromatic N) is 1. The SMILES string of the molecule is CCC1CN(C(=O)c2c(F)cc(Br)cc2F)C(CC)CN1. The first-order valence-corrected chi connectivity index (χ1v) is 7.96. The summed E-state index contributed by atoms with van der Waals surface area (Å²) >= 11 is 3.02. The third kappa shape index (κ3) is 3.43. The third-order valence-corrected chi connectivity index (χ3v) is 4.40. The van der Waals surface area contributed by atoms with Gasteiger partial charge < -0.3 is 10.2 Å². The molecule has 1 saturated heterocycles. The van der Waals surface area contributed by atoms with Gasteiger partial charge >= 0.3 is 0 Å². The number of halogens is 3. The quantitative estimate of drug-likeness (QED) is 0.896. The Labute approximate surface area is 131 Å². The Kier molecular flexibility index (Phi) is 5.32. The smallest absolute Gasteiger partial charge is 0.260 e. The van der Waals surface area contributed by atoms with Crippen molar-refractivity contribution in [3.63, 3.8) is 0 Å². The summed E-state index contributed by atoms with van der Waals surface area (Å²) in [5.74, 6) is -2.22. The van der Waals surface area contributed by atoms with Gasteiger partial charge in [-0.05, 0) is 25.0 Å². The van der Waals surface area contributed by atoms with Crippen LogP contribution in [-0.2, 0) is 0 Å². The second-order valence-electron chi connectivity index (χ2n) is 5.28. The summed E-state index contributed by atoms with van der Waals surface area (Å²) in [6, 6.07) is 2.37. The topological polar surface area (TPSA) is 32.3 Å². The van der Waals surface area contributed by atoms with E-state index >= 15 is 0 Å². The molecule has 21 heavy (non-hydrogen) atoms. The Morgan fingerprint density at radius 2 is 1.95 bits per heavy atom. The molecule has 0 radical (unpaired) electrons. The Morgan fingerprint density at radius 1 is 1.33 bits per heavy atom. The van der Waals surface area contributed by atoms with Crippen LogP contribution in [0.15, 0.2) is 16.6 Å². The fourth-order valence-electron chi connectivity index (χ4n) is 2.64. The van der Waals surface area contributed by atoms with Crippen molar-refractivity contribution in [1.29, 1.82) is 0 Å². The first-order chi connectivity index (χ1) is 9.97. The third-order valence-electron chi connectivity index (χ3n) is 3.95. The second-order valence-corrected chi connectivity index (χ2v) is 6.19. The lowest BCUT2D eigenvalue weighted by molar-refractivity contribution is 0.0566. The lowest BCUT2D eigenvalue weighted by atomic mass is 10.0. The number of benzene rings is 1. The molecule has 0 saturated carbocycles. The molecule has 2 unspecified atom stereocenters. The fraction of sp³-hybridized carbons (Fsp3) is 0.533. The number of hydrogen-bond acceptors (Lipinski definition) is 2. The zero-order valence-corrected chi connectivity index (χ0v) is 13.7. The highest BCUT2D eigenvalue weighted by molar-refractivity contribution is 9.10. The van der Waals surface area contributed by atoms with Crippen LogP contribution in [0.1, 0.15) is 37.0 Å². The molecule has 1 aliphatic heterocycles. The molecule has 0 aromatic heterocycles. The molecular weight excluding hydrogens is 342 g/mol. The van der Waals surface area contributed by atoms with Gasteiger partial charge in [-0.3, -0.25) is 4.79 Å². The predicted molar refractivity (Wildman–Crippen MR) is 81.3 cm³/mol. The predicted octanol–water partition coefficient (Wildman–Crippen LogP) is 3.33. The molecule has 0 spiro atoms. The molecule has 2 rings (SSSR count). The second kappa shape index (κ2) is 6.83. The summed E-state index contributed by atoms with van der Waals surface area (Å²) in [5.41, 5.74) is -0.464. The first-order valence-electron chi connectivity index (χ1n) is 7.16. The Balaban J connectivity index is 2.33. The van der Waals surface area contributed by atoms with Gasteiger partial charge in [0.2, 0.25) is 0 Å². The number of carbonyl (C=O) groups is 1. The largest absolute Gasteiger partial charge is 0.333 e. The van der Waals surface area contributed by atoms with E-state index in [0.29, 0.717) is 13.1 Å². The Morgan fingerprint density at radius 3 is 2.48 bits per heavy atom. The van der Waals surface area contributed by atoms with Crippen LogP contribution in [0.2, 0.25) is 0 Å². The normalized spacial score (nSPS) is 22.4. The minimum atomic E-state index is -0.826. The van der Waals surface area contributed by atoms with Crippen molar-refractivity contribution in [2.75, 3.05) is 13.1 Å². The number of rotatable bonds is 3. The van der Waals surface area contributed by atoms with Crippen LogP contribution >= 0.6 is 15.9 Å². The molecule has 6 heteroatoms. The van der Waals surface area contributed by atoms with E-state index in [9.17, 15) is 13.6 Å². The molecule has 2 atom stereocenters. The minimum Gasteiger partial charge on any atom is -0.333 e. The van der Waals surface area contributed by atoms with E-state index < -0.39 is 23.1 Å². The van der Waals surface area contributed by atoms with Crippen LogP contribution in [0.4, 0.5) is 8.78 Å². The molecule has 116 valence electrons. The highest BCUT2D eigenvalue weighted by atomic mass is 79.9. The lowest BCUT2D eigenvalue weighted by Gasteiger charge is -2.40. The van der Waals surface area contributed by atoms with Gasteiger partial charge in [0.05, 0.1) is 0 Å². The molecule has 1 N–H and O–H groups in total. The fourth-order valence-corrected chi connectivity index (χ4v) is 3.04. The standard InChI is InChI=1S/C15H19BrF2N2O/c1-3-10-8-20(11(4-2)7-19-10)15(21)14-12(17)5-9(16)6-13(14)18/h5-6,10-11,19H,3-4,7-8H2,1-2H3. The highest BCUT2D eigenvalue weighted by Crippen LogP contribution is 2.23. The van der Waals surface area contributed by atoms with E-state index in [1.54, 1.807) is 4.90 Å². The van der Waals surface area contributed by atoms with Gasteiger partial charge in [-0.15, -0.1) is 0 Å². The molecular formula is C15H19BrF2N2O. The van der Waals surface area contributed by atoms with Gasteiger partial charge in [0.25, 0.3) is 5.91 Å². The van der Waals surface area contributed by atoms with Crippen LogP contribution in [0, 0.1) is 11.6 Å². The molecule has 1 aliphatic rings. The summed E-state index contributed by atoms with van der Waals surface area (Å²) in [7, 11) is 0. The molecule has 1 fully saturated rings. The average molecular weight is 361 g/mol. The maximum Gasteiger partial charge on any atom is 0.260 e. The van der Waals surface area contributed by atoms with Gasteiger partial charge in [-0.1, -0.05) is 29.8 Å². The van der Waals surface area contributed by atoms with E-state index in [1.807, 2.05) is 13.8 Å². The van der Waals surface area contributed by atoms with E-state index in [2.05, 4.69) is 21.2 Å². The summed E-state index contributed by atoms with van der Waals surface area (Å²) in [4.78, 5) is 14.2. The van der Waals surface area contributed by atoms with Crippen molar-refractivity contribution in [2.24, 2.45) is 0 Å². The summed E-state index contributed by atoms with van der Waals surface area (Å²) in [6.07, 6.45) is 1.61. The van der Waals surface area contributed by atoms with Crippen molar-refractivity contribution < 1.29 is 13.6 Å². The van der Waals surface area contributed by atoms with Crippen LogP contribution in [0.3, 0.4) is 0 Å². The number of piperazine rings is 1. The number of amides is 1. The van der Waals surface area contributed by atoms with Crippen molar-refractivity contribution in [3.8, 4) is 0 Å². The number of hydrogen-bond donors (Lipinski definition) is 1. The Bertz CT molecular complexity index is 515. The van der Waals surface area contributed by atoms with Crippen LogP contribution in [-0.4, -0.2) is 36.0 Å². The zero-order chi connectivity index (χ0) is 15.6. The van der Waals surface area contributed by atoms with E-state index in [0.717, 1.165) is 25.0 Å². The number of carbonyl (C=O) groups excluding carboxylic acids is 1. The van der Waals surface area contributed by atoms with Crippen LogP contribution in [0.25, 0.3) is 0 Å². The van der Waals surface area contributed by atoms with Gasteiger partial charge in [0, 0.05) is 29.6 Å². The van der Waals surface area contributed by atoms with Crippen molar-refractivity contribution >= 4 is 21.8 Å². The minimum absolute atomic E-state index is 0.0391. The molecule has 1 aromatic carbocycles. The number of nitrogens with one attached hydrogen (secondary N) is 1. The molecule has 1 heterocycles. The average Bonchev–Trinajstić information content (AvgIpc) is 2.45. The van der Waals surface area contributed by atoms with E-state index in [4.69, 9.17) is 0 Å². The zero-order valence-electron chi connectivity index (χ0n) is 12.1. The monoisotopic (exact) mass is 360 g/mol. The van der Waals surface area contributed by atoms with Gasteiger partial charge in [0.15, 0.2) is 0 Å². The van der Waals surface area contributed by atoms with Crippen molar-refractivity contribution in [3.05, 3.63) is 33.8 Å². The molecule has 1 aromatic rings. The highest BCUT2D eigenvalue weighted by Gasteiger charge is 2.32. The molecule has 3 nitrogen and oxygen atoms in total. The van der Waals surface area contributed by atoms with Crippen molar-refractivity contribution in [1.82, 2.24) is 10.2 Å². The van der Waals surface area contributed by atoms with Crippen molar-refractivity contribution in [2.45, 2.75) is 38.8 Å². The van der Waals surface area contributed by atoms with E-state index in [1.165, 1.54) is 0 Å².